The Morgan fingerprint density at radius 2 is 1.55 bits per heavy atom. The maximum absolute atomic E-state index is 3.61. The minimum Gasteiger partial charge on any atom is -0.317 e. The van der Waals surface area contributed by atoms with Gasteiger partial charge in [-0.3, -0.25) is 0 Å². The van der Waals surface area contributed by atoms with Crippen LogP contribution in [0.1, 0.15) is 112 Å². The van der Waals surface area contributed by atoms with E-state index in [0.29, 0.717) is 10.8 Å². The van der Waals surface area contributed by atoms with E-state index in [9.17, 15) is 0 Å². The zero-order valence-corrected chi connectivity index (χ0v) is 20.6. The second-order valence-electron chi connectivity index (χ2n) is 12.9. The van der Waals surface area contributed by atoms with Crippen molar-refractivity contribution in [3.8, 4) is 0 Å². The predicted molar refractivity (Wildman–Crippen MR) is 126 cm³/mol. The number of hydrogen-bond donors (Lipinski definition) is 1. The molecule has 4 rings (SSSR count). The van der Waals surface area contributed by atoms with Crippen LogP contribution in [0.15, 0.2) is 0 Å². The number of fused-ring (bicyclic) bond motifs is 5. The van der Waals surface area contributed by atoms with Gasteiger partial charge in [0, 0.05) is 6.04 Å². The first-order chi connectivity index (χ1) is 13.8. The Morgan fingerprint density at radius 1 is 0.828 bits per heavy atom. The number of rotatable bonds is 6. The van der Waals surface area contributed by atoms with Crippen LogP contribution < -0.4 is 5.32 Å². The van der Waals surface area contributed by atoms with E-state index >= 15 is 0 Å². The Labute approximate surface area is 182 Å². The molecule has 0 aliphatic heterocycles. The van der Waals surface area contributed by atoms with Gasteiger partial charge in [-0.25, -0.2) is 0 Å². The second kappa shape index (κ2) is 8.48. The molecule has 168 valence electrons. The summed E-state index contributed by atoms with van der Waals surface area (Å²) in [7, 11) is 2.19. The maximum atomic E-state index is 3.61. The van der Waals surface area contributed by atoms with Gasteiger partial charge in [0.15, 0.2) is 0 Å². The van der Waals surface area contributed by atoms with Crippen LogP contribution in [-0.2, 0) is 0 Å². The summed E-state index contributed by atoms with van der Waals surface area (Å²) in [6.45, 7) is 12.9. The van der Waals surface area contributed by atoms with Crippen molar-refractivity contribution in [2.24, 2.45) is 52.3 Å². The zero-order valence-electron chi connectivity index (χ0n) is 20.6. The molecule has 0 radical (unpaired) electrons. The molecule has 4 aliphatic carbocycles. The molecule has 1 nitrogen and oxygen atoms in total. The van der Waals surface area contributed by atoms with Gasteiger partial charge < -0.3 is 5.32 Å². The van der Waals surface area contributed by atoms with Gasteiger partial charge in [0.2, 0.25) is 0 Å². The molecular weight excluding hydrogens is 350 g/mol. The van der Waals surface area contributed by atoms with Crippen LogP contribution in [0.3, 0.4) is 0 Å². The Hall–Kier alpha value is -0.0400. The fourth-order valence-corrected chi connectivity index (χ4v) is 9.54. The topological polar surface area (TPSA) is 12.0 Å². The molecule has 0 spiro atoms. The van der Waals surface area contributed by atoms with Crippen molar-refractivity contribution in [3.63, 3.8) is 0 Å². The van der Waals surface area contributed by atoms with Crippen molar-refractivity contribution in [1.29, 1.82) is 0 Å². The average Bonchev–Trinajstić information content (AvgIpc) is 3.04. The van der Waals surface area contributed by atoms with Crippen LogP contribution in [0.4, 0.5) is 0 Å². The number of hydrogen-bond acceptors (Lipinski definition) is 1. The van der Waals surface area contributed by atoms with E-state index in [1.807, 2.05) is 0 Å². The Balaban J connectivity index is 1.45. The largest absolute Gasteiger partial charge is 0.317 e. The molecule has 9 atom stereocenters. The Kier molecular flexibility index (Phi) is 6.48. The van der Waals surface area contributed by atoms with E-state index in [2.05, 4.69) is 47.0 Å². The van der Waals surface area contributed by atoms with E-state index in [1.54, 1.807) is 19.3 Å². The lowest BCUT2D eigenvalue weighted by Crippen LogP contribution is -2.55. The smallest absolute Gasteiger partial charge is 0.00671 e. The van der Waals surface area contributed by atoms with Gasteiger partial charge in [-0.05, 0) is 117 Å². The third kappa shape index (κ3) is 3.85. The molecule has 0 amide bonds. The molecule has 0 heterocycles. The van der Waals surface area contributed by atoms with Crippen LogP contribution >= 0.6 is 0 Å². The van der Waals surface area contributed by atoms with Crippen molar-refractivity contribution < 1.29 is 0 Å². The van der Waals surface area contributed by atoms with Crippen LogP contribution in [0, 0.1) is 52.3 Å². The van der Waals surface area contributed by atoms with E-state index in [4.69, 9.17) is 0 Å². The molecule has 0 aromatic heterocycles. The molecule has 4 fully saturated rings. The van der Waals surface area contributed by atoms with Crippen LogP contribution in [0.25, 0.3) is 0 Å². The van der Waals surface area contributed by atoms with Gasteiger partial charge in [-0.1, -0.05) is 53.9 Å². The first-order valence-electron chi connectivity index (χ1n) is 13.5. The molecule has 0 aromatic rings. The summed E-state index contributed by atoms with van der Waals surface area (Å²) in [4.78, 5) is 0. The highest BCUT2D eigenvalue weighted by atomic mass is 14.9. The van der Waals surface area contributed by atoms with Crippen LogP contribution in [0.2, 0.25) is 0 Å². The van der Waals surface area contributed by atoms with Crippen LogP contribution in [-0.4, -0.2) is 13.1 Å². The average molecular weight is 402 g/mol. The van der Waals surface area contributed by atoms with Crippen LogP contribution in [0.5, 0.6) is 0 Å². The molecule has 4 saturated carbocycles. The lowest BCUT2D eigenvalue weighted by atomic mass is 9.44. The predicted octanol–water partition coefficient (Wildman–Crippen LogP) is 7.70. The van der Waals surface area contributed by atoms with E-state index in [0.717, 1.165) is 47.5 Å². The van der Waals surface area contributed by atoms with Gasteiger partial charge in [0.05, 0.1) is 0 Å². The lowest BCUT2D eigenvalue weighted by molar-refractivity contribution is -0.117. The molecule has 29 heavy (non-hydrogen) atoms. The second-order valence-corrected chi connectivity index (χ2v) is 12.9. The normalized spacial score (nSPS) is 48.1. The SMILES string of the molecule is CN[C@H]1CC[C@@]2(C)[C@@H](CC[C@@H]3[C@@H]2CC[C@]2(C)[C@@H]([C@H](C)CCCC(C)C)CC[C@@H]32)C1. The van der Waals surface area contributed by atoms with Gasteiger partial charge in [0.25, 0.3) is 0 Å². The first-order valence-corrected chi connectivity index (χ1v) is 13.5. The highest BCUT2D eigenvalue weighted by Gasteiger charge is 2.60. The van der Waals surface area contributed by atoms with Gasteiger partial charge >= 0.3 is 0 Å². The highest BCUT2D eigenvalue weighted by Crippen LogP contribution is 2.68. The minimum atomic E-state index is 0.651. The summed E-state index contributed by atoms with van der Waals surface area (Å²) in [6.07, 6.45) is 18.0. The highest BCUT2D eigenvalue weighted by molar-refractivity contribution is 5.10. The Morgan fingerprint density at radius 3 is 2.28 bits per heavy atom. The lowest BCUT2D eigenvalue weighted by Gasteiger charge is -2.61. The molecule has 0 saturated heterocycles. The standard InChI is InChI=1S/C28H51N/c1-19(2)8-7-9-20(3)24-12-13-25-23-11-10-21-18-22(29-6)14-16-27(21,4)26(23)15-17-28(24,25)5/h19-26,29H,7-18H2,1-6H3/t20-,21+,22+,23+,24-,25+,26+,27+,28-/m1/s1. The van der Waals surface area contributed by atoms with Crippen molar-refractivity contribution >= 4 is 0 Å². The molecule has 0 unspecified atom stereocenters. The summed E-state index contributed by atoms with van der Waals surface area (Å²) in [5.74, 6) is 6.94. The van der Waals surface area contributed by atoms with Crippen molar-refractivity contribution in [2.75, 3.05) is 7.05 Å². The first kappa shape index (κ1) is 22.2. The van der Waals surface area contributed by atoms with Crippen molar-refractivity contribution in [1.82, 2.24) is 5.32 Å². The monoisotopic (exact) mass is 401 g/mol. The molecule has 4 aliphatic rings. The van der Waals surface area contributed by atoms with E-state index in [-0.39, 0.29) is 0 Å². The van der Waals surface area contributed by atoms with Gasteiger partial charge in [-0.15, -0.1) is 0 Å². The summed E-state index contributed by atoms with van der Waals surface area (Å²) < 4.78 is 0. The molecule has 0 bridgehead atoms. The molecule has 0 aromatic carbocycles. The third-order valence-corrected chi connectivity index (χ3v) is 11.3. The Bertz CT molecular complexity index is 555. The summed E-state index contributed by atoms with van der Waals surface area (Å²) in [5, 5.41) is 3.61. The zero-order chi connectivity index (χ0) is 20.8. The summed E-state index contributed by atoms with van der Waals surface area (Å²) >= 11 is 0. The van der Waals surface area contributed by atoms with Gasteiger partial charge in [0.1, 0.15) is 0 Å². The number of nitrogens with one attached hydrogen (secondary N) is 1. The fourth-order valence-electron chi connectivity index (χ4n) is 9.54. The fraction of sp³-hybridized carbons (Fsp3) is 1.00. The van der Waals surface area contributed by atoms with E-state index < -0.39 is 0 Å². The van der Waals surface area contributed by atoms with Crippen molar-refractivity contribution in [2.45, 2.75) is 118 Å². The molecule has 1 N–H and O–H groups in total. The molecular formula is C28H51N. The van der Waals surface area contributed by atoms with Gasteiger partial charge in [-0.2, -0.15) is 0 Å². The minimum absolute atomic E-state index is 0.651. The molecule has 1 heteroatoms. The maximum Gasteiger partial charge on any atom is 0.00671 e. The summed E-state index contributed by atoms with van der Waals surface area (Å²) in [5.41, 5.74) is 1.31. The quantitative estimate of drug-likeness (QED) is 0.481. The summed E-state index contributed by atoms with van der Waals surface area (Å²) in [6, 6.07) is 0.793. The third-order valence-electron chi connectivity index (χ3n) is 11.3. The van der Waals surface area contributed by atoms with Crippen molar-refractivity contribution in [3.05, 3.63) is 0 Å². The van der Waals surface area contributed by atoms with E-state index in [1.165, 1.54) is 57.8 Å².